The Morgan fingerprint density at radius 3 is 2.38 bits per heavy atom. The van der Waals surface area contributed by atoms with Crippen molar-refractivity contribution in [3.8, 4) is 0 Å². The second-order valence-electron chi connectivity index (χ2n) is 6.42. The molecule has 1 N–H and O–H groups in total. The number of nitrogens with one attached hydrogen (secondary N) is 1. The van der Waals surface area contributed by atoms with Gasteiger partial charge in [-0.25, -0.2) is 0 Å². The van der Waals surface area contributed by atoms with E-state index in [0.717, 1.165) is 45.0 Å². The third kappa shape index (κ3) is 4.68. The minimum absolute atomic E-state index is 0.593. The lowest BCUT2D eigenvalue weighted by Crippen LogP contribution is -2.49. The number of rotatable bonds is 4. The summed E-state index contributed by atoms with van der Waals surface area (Å²) in [6.45, 7) is 9.81. The molecular weight excluding hydrogens is 389 g/mol. The molecule has 0 unspecified atom stereocenters. The fourth-order valence-corrected chi connectivity index (χ4v) is 3.96. The molecule has 140 valence electrons. The molecule has 3 rings (SSSR count). The first-order valence-electron chi connectivity index (χ1n) is 8.72. The lowest BCUT2D eigenvalue weighted by atomic mass is 10.2. The van der Waals surface area contributed by atoms with Crippen LogP contribution in [-0.2, 0) is 13.1 Å². The minimum atomic E-state index is 0.593. The third-order valence-corrected chi connectivity index (χ3v) is 5.47. The van der Waals surface area contributed by atoms with Crippen molar-refractivity contribution in [3.63, 3.8) is 0 Å². The fourth-order valence-electron chi connectivity index (χ4n) is 3.14. The molecule has 0 spiro atoms. The summed E-state index contributed by atoms with van der Waals surface area (Å²) in [6.07, 6.45) is 1.99. The van der Waals surface area contributed by atoms with Crippen LogP contribution in [0.2, 0.25) is 10.0 Å². The Balaban J connectivity index is 1.52. The highest BCUT2D eigenvalue weighted by molar-refractivity contribution is 7.80. The van der Waals surface area contributed by atoms with Gasteiger partial charge in [0.05, 0.1) is 6.20 Å². The molecule has 0 aliphatic carbocycles. The number of aromatic nitrogens is 2. The van der Waals surface area contributed by atoms with E-state index in [9.17, 15) is 0 Å². The van der Waals surface area contributed by atoms with E-state index in [2.05, 4.69) is 34.1 Å². The predicted octanol–water partition coefficient (Wildman–Crippen LogP) is 4.03. The number of hydrogen-bond acceptors (Lipinski definition) is 3. The first kappa shape index (κ1) is 19.4. The first-order chi connectivity index (χ1) is 12.5. The molecule has 1 aromatic carbocycles. The van der Waals surface area contributed by atoms with Gasteiger partial charge < -0.3 is 10.2 Å². The van der Waals surface area contributed by atoms with Crippen LogP contribution in [0.4, 0.5) is 5.69 Å². The zero-order chi connectivity index (χ0) is 18.7. The summed E-state index contributed by atoms with van der Waals surface area (Å²) in [6, 6.07) is 5.35. The Kier molecular flexibility index (Phi) is 6.40. The van der Waals surface area contributed by atoms with E-state index in [4.69, 9.17) is 35.4 Å². The summed E-state index contributed by atoms with van der Waals surface area (Å²) in [5.41, 5.74) is 3.37. The van der Waals surface area contributed by atoms with Crippen molar-refractivity contribution in [2.75, 3.05) is 31.5 Å². The first-order valence-corrected chi connectivity index (χ1v) is 9.88. The quantitative estimate of drug-likeness (QED) is 0.768. The maximum absolute atomic E-state index is 6.05. The number of halogens is 2. The predicted molar refractivity (Wildman–Crippen MR) is 112 cm³/mol. The molecule has 8 heteroatoms. The minimum Gasteiger partial charge on any atom is -0.346 e. The average molecular weight is 412 g/mol. The SMILES string of the molecule is CCn1ncc(CN2CCN(C(=S)Nc3cc(Cl)cc(Cl)c3)CC2)c1C. The molecule has 0 atom stereocenters. The molecule has 0 bridgehead atoms. The van der Waals surface area contributed by atoms with Crippen molar-refractivity contribution in [2.45, 2.75) is 26.9 Å². The smallest absolute Gasteiger partial charge is 0.173 e. The number of nitrogens with zero attached hydrogens (tertiary/aromatic N) is 4. The van der Waals surface area contributed by atoms with Crippen molar-refractivity contribution < 1.29 is 0 Å². The standard InChI is InChI=1S/C18H23Cl2N5S/c1-3-25-13(2)14(11-21-25)12-23-4-6-24(7-5-23)18(26)22-17-9-15(19)8-16(20)10-17/h8-11H,3-7,12H2,1-2H3,(H,22,26). The van der Waals surface area contributed by atoms with Gasteiger partial charge in [-0.05, 0) is 44.3 Å². The van der Waals surface area contributed by atoms with Gasteiger partial charge >= 0.3 is 0 Å². The normalized spacial score (nSPS) is 15.3. The van der Waals surface area contributed by atoms with Crippen LogP contribution < -0.4 is 5.32 Å². The lowest BCUT2D eigenvalue weighted by molar-refractivity contribution is 0.176. The van der Waals surface area contributed by atoms with Crippen molar-refractivity contribution in [1.82, 2.24) is 19.6 Å². The van der Waals surface area contributed by atoms with E-state index >= 15 is 0 Å². The van der Waals surface area contributed by atoms with E-state index in [0.29, 0.717) is 15.2 Å². The zero-order valence-corrected chi connectivity index (χ0v) is 17.3. The number of hydrogen-bond donors (Lipinski definition) is 1. The highest BCUT2D eigenvalue weighted by Crippen LogP contribution is 2.23. The Morgan fingerprint density at radius 1 is 1.15 bits per heavy atom. The highest BCUT2D eigenvalue weighted by atomic mass is 35.5. The van der Waals surface area contributed by atoms with Gasteiger partial charge in [-0.1, -0.05) is 23.2 Å². The molecule has 1 saturated heterocycles. The molecule has 2 aromatic rings. The van der Waals surface area contributed by atoms with Crippen LogP contribution in [0.3, 0.4) is 0 Å². The number of piperazine rings is 1. The molecule has 1 aliphatic rings. The number of thiocarbonyl (C=S) groups is 1. The van der Waals surface area contributed by atoms with Crippen molar-refractivity contribution in [2.24, 2.45) is 0 Å². The van der Waals surface area contributed by atoms with E-state index < -0.39 is 0 Å². The molecule has 0 radical (unpaired) electrons. The van der Waals surface area contributed by atoms with Gasteiger partial charge in [-0.15, -0.1) is 0 Å². The van der Waals surface area contributed by atoms with Crippen LogP contribution in [-0.4, -0.2) is 50.9 Å². The number of anilines is 1. The molecular formula is C18H23Cl2N5S. The molecule has 2 heterocycles. The fraction of sp³-hybridized carbons (Fsp3) is 0.444. The van der Waals surface area contributed by atoms with Gasteiger partial charge in [0, 0.05) is 66.3 Å². The summed E-state index contributed by atoms with van der Waals surface area (Å²) < 4.78 is 2.04. The number of benzene rings is 1. The highest BCUT2D eigenvalue weighted by Gasteiger charge is 2.20. The van der Waals surface area contributed by atoms with Gasteiger partial charge in [0.15, 0.2) is 5.11 Å². The second-order valence-corrected chi connectivity index (χ2v) is 7.68. The van der Waals surface area contributed by atoms with Crippen LogP contribution in [0.5, 0.6) is 0 Å². The average Bonchev–Trinajstić information content (AvgIpc) is 2.94. The zero-order valence-electron chi connectivity index (χ0n) is 15.0. The summed E-state index contributed by atoms with van der Waals surface area (Å²) in [4.78, 5) is 4.63. The van der Waals surface area contributed by atoms with Crippen LogP contribution in [0.1, 0.15) is 18.2 Å². The molecule has 0 amide bonds. The monoisotopic (exact) mass is 411 g/mol. The number of aryl methyl sites for hydroxylation is 1. The van der Waals surface area contributed by atoms with E-state index in [1.54, 1.807) is 6.07 Å². The van der Waals surface area contributed by atoms with Crippen LogP contribution >= 0.6 is 35.4 Å². The van der Waals surface area contributed by atoms with Crippen molar-refractivity contribution in [1.29, 1.82) is 0 Å². The summed E-state index contributed by atoms with van der Waals surface area (Å²) in [5.74, 6) is 0. The molecule has 5 nitrogen and oxygen atoms in total. The van der Waals surface area contributed by atoms with Crippen molar-refractivity contribution in [3.05, 3.63) is 45.7 Å². The van der Waals surface area contributed by atoms with Crippen molar-refractivity contribution >= 4 is 46.2 Å². The molecule has 1 aromatic heterocycles. The van der Waals surface area contributed by atoms with E-state index in [1.165, 1.54) is 11.3 Å². The van der Waals surface area contributed by atoms with Gasteiger partial charge in [0.25, 0.3) is 0 Å². The Morgan fingerprint density at radius 2 is 1.81 bits per heavy atom. The lowest BCUT2D eigenvalue weighted by Gasteiger charge is -2.36. The van der Waals surface area contributed by atoms with Gasteiger partial charge in [-0.2, -0.15) is 5.10 Å². The topological polar surface area (TPSA) is 36.3 Å². The molecule has 0 saturated carbocycles. The van der Waals surface area contributed by atoms with Crippen LogP contribution in [0.25, 0.3) is 0 Å². The maximum Gasteiger partial charge on any atom is 0.173 e. The largest absolute Gasteiger partial charge is 0.346 e. The van der Waals surface area contributed by atoms with Gasteiger partial charge in [0.1, 0.15) is 0 Å². The Hall–Kier alpha value is -1.34. The van der Waals surface area contributed by atoms with E-state index in [-0.39, 0.29) is 0 Å². The molecule has 1 fully saturated rings. The third-order valence-electron chi connectivity index (χ3n) is 4.67. The molecule has 26 heavy (non-hydrogen) atoms. The Labute approximate surface area is 169 Å². The van der Waals surface area contributed by atoms with Gasteiger partial charge in [0.2, 0.25) is 0 Å². The Bertz CT molecular complexity index is 764. The summed E-state index contributed by atoms with van der Waals surface area (Å²) >= 11 is 17.6. The van der Waals surface area contributed by atoms with E-state index in [1.807, 2.05) is 23.0 Å². The van der Waals surface area contributed by atoms with Gasteiger partial charge in [-0.3, -0.25) is 9.58 Å². The summed E-state index contributed by atoms with van der Waals surface area (Å²) in [5, 5.41) is 9.56. The maximum atomic E-state index is 6.05. The van der Waals surface area contributed by atoms with Crippen LogP contribution in [0, 0.1) is 6.92 Å². The molecule has 1 aliphatic heterocycles. The second kappa shape index (κ2) is 8.57. The van der Waals surface area contributed by atoms with Crippen LogP contribution in [0.15, 0.2) is 24.4 Å². The summed E-state index contributed by atoms with van der Waals surface area (Å²) in [7, 11) is 0.